The van der Waals surface area contributed by atoms with E-state index in [2.05, 4.69) is 0 Å². The molecular weight excluding hydrogens is 487 g/mol. The first-order valence-corrected chi connectivity index (χ1v) is 13.2. The van der Waals surface area contributed by atoms with Gasteiger partial charge in [-0.25, -0.2) is 9.29 Å². The van der Waals surface area contributed by atoms with Crippen molar-refractivity contribution < 1.29 is 28.7 Å². The smallest absolute Gasteiger partial charge is 0.241 e. The van der Waals surface area contributed by atoms with Crippen molar-refractivity contribution in [2.45, 2.75) is 39.0 Å². The van der Waals surface area contributed by atoms with Crippen LogP contribution in [0.5, 0.6) is 5.75 Å². The Morgan fingerprint density at radius 2 is 1.71 bits per heavy atom. The first-order chi connectivity index (χ1) is 18.2. The van der Waals surface area contributed by atoms with E-state index in [1.165, 1.54) is 15.9 Å². The summed E-state index contributed by atoms with van der Waals surface area (Å²) >= 11 is 0. The molecule has 2 heterocycles. The van der Waals surface area contributed by atoms with E-state index >= 15 is 0 Å². The second kappa shape index (κ2) is 8.61. The molecule has 38 heavy (non-hydrogen) atoms. The highest BCUT2D eigenvalue weighted by Gasteiger charge is 2.67. The van der Waals surface area contributed by atoms with Gasteiger partial charge in [-0.05, 0) is 50.3 Å². The van der Waals surface area contributed by atoms with Crippen molar-refractivity contribution in [1.82, 2.24) is 4.90 Å². The number of halogens is 1. The highest BCUT2D eigenvalue weighted by Crippen LogP contribution is 2.64. The number of carbonyl (C=O) groups excluding carboxylic acids is 4. The molecule has 2 aliphatic carbocycles. The molecule has 3 fully saturated rings. The van der Waals surface area contributed by atoms with Gasteiger partial charge >= 0.3 is 0 Å². The monoisotopic (exact) mass is 516 g/mol. The van der Waals surface area contributed by atoms with E-state index in [4.69, 9.17) is 0 Å². The van der Waals surface area contributed by atoms with Gasteiger partial charge in [0, 0.05) is 18.0 Å². The molecule has 2 aromatic rings. The second-order valence-corrected chi connectivity index (χ2v) is 11.0. The van der Waals surface area contributed by atoms with Crippen molar-refractivity contribution in [3.63, 3.8) is 0 Å². The number of para-hydroxylation sites is 2. The Bertz CT molecular complexity index is 1400. The number of fused-ring (bicyclic) bond motifs is 4. The summed E-state index contributed by atoms with van der Waals surface area (Å²) in [4.78, 5) is 57.4. The number of hydrogen-bond acceptors (Lipinski definition) is 5. The van der Waals surface area contributed by atoms with Crippen molar-refractivity contribution in [2.24, 2.45) is 29.1 Å². The number of hydrogen-bond donors (Lipinski definition) is 1. The predicted octanol–water partition coefficient (Wildman–Crippen LogP) is 4.17. The Balaban J connectivity index is 1.54. The summed E-state index contributed by atoms with van der Waals surface area (Å²) in [5.41, 5.74) is 0.0605. The Morgan fingerprint density at radius 1 is 0.974 bits per heavy atom. The van der Waals surface area contributed by atoms with Gasteiger partial charge in [0.15, 0.2) is 11.6 Å². The molecule has 0 aromatic heterocycles. The van der Waals surface area contributed by atoms with Crippen molar-refractivity contribution >= 4 is 29.3 Å². The zero-order valence-corrected chi connectivity index (χ0v) is 21.3. The van der Waals surface area contributed by atoms with Gasteiger partial charge in [-0.2, -0.15) is 0 Å². The molecule has 6 rings (SSSR count). The minimum absolute atomic E-state index is 0.199. The molecular formula is C30H29FN2O5. The number of imide groups is 2. The highest BCUT2D eigenvalue weighted by atomic mass is 19.1. The summed E-state index contributed by atoms with van der Waals surface area (Å²) in [6, 6.07) is 12.9. The third-order valence-corrected chi connectivity index (χ3v) is 9.16. The maximum Gasteiger partial charge on any atom is 0.241 e. The molecule has 4 aliphatic rings. The summed E-state index contributed by atoms with van der Waals surface area (Å²) in [6.07, 6.45) is 3.08. The van der Waals surface area contributed by atoms with E-state index in [0.29, 0.717) is 25.1 Å². The molecule has 7 nitrogen and oxygen atoms in total. The first kappa shape index (κ1) is 24.5. The number of benzene rings is 2. The Morgan fingerprint density at radius 3 is 2.42 bits per heavy atom. The fourth-order valence-corrected chi connectivity index (χ4v) is 7.46. The molecule has 0 unspecified atom stereocenters. The molecule has 2 aliphatic heterocycles. The van der Waals surface area contributed by atoms with E-state index in [1.54, 1.807) is 43.3 Å². The van der Waals surface area contributed by atoms with Gasteiger partial charge in [0.2, 0.25) is 23.6 Å². The Hall–Kier alpha value is -3.81. The maximum absolute atomic E-state index is 14.7. The van der Waals surface area contributed by atoms with Crippen LogP contribution in [-0.2, 0) is 19.2 Å². The van der Waals surface area contributed by atoms with Gasteiger partial charge in [0.1, 0.15) is 0 Å². The number of anilines is 1. The average molecular weight is 517 g/mol. The van der Waals surface area contributed by atoms with Crippen LogP contribution >= 0.6 is 0 Å². The summed E-state index contributed by atoms with van der Waals surface area (Å²) in [5, 5.41) is 10.9. The van der Waals surface area contributed by atoms with Gasteiger partial charge in [-0.1, -0.05) is 48.9 Å². The Labute approximate surface area is 219 Å². The van der Waals surface area contributed by atoms with Crippen LogP contribution in [0.15, 0.2) is 60.2 Å². The van der Waals surface area contributed by atoms with Crippen LogP contribution in [0.2, 0.25) is 0 Å². The van der Waals surface area contributed by atoms with Crippen LogP contribution in [0, 0.1) is 34.9 Å². The fraction of sp³-hybridized carbons (Fsp3) is 0.400. The average Bonchev–Trinajstić information content (AvgIpc) is 3.27. The molecule has 1 saturated carbocycles. The molecule has 0 spiro atoms. The molecule has 2 aromatic carbocycles. The van der Waals surface area contributed by atoms with E-state index in [1.807, 2.05) is 13.0 Å². The number of phenols is 1. The lowest BCUT2D eigenvalue weighted by Crippen LogP contribution is -2.49. The molecule has 6 atom stereocenters. The molecule has 0 radical (unpaired) electrons. The van der Waals surface area contributed by atoms with Crippen LogP contribution < -0.4 is 4.90 Å². The van der Waals surface area contributed by atoms with Crippen LogP contribution in [-0.4, -0.2) is 40.2 Å². The minimum atomic E-state index is -1.32. The summed E-state index contributed by atoms with van der Waals surface area (Å²) in [7, 11) is 0. The third kappa shape index (κ3) is 3.12. The maximum atomic E-state index is 14.7. The third-order valence-electron chi connectivity index (χ3n) is 9.16. The Kier molecular flexibility index (Phi) is 5.56. The zero-order valence-electron chi connectivity index (χ0n) is 21.3. The summed E-state index contributed by atoms with van der Waals surface area (Å²) in [5.74, 6) is -5.94. The summed E-state index contributed by atoms with van der Waals surface area (Å²) in [6.45, 7) is 3.95. The lowest BCUT2D eigenvalue weighted by molar-refractivity contribution is -0.140. The zero-order chi connectivity index (χ0) is 26.9. The van der Waals surface area contributed by atoms with Crippen molar-refractivity contribution in [2.75, 3.05) is 11.4 Å². The number of allylic oxidation sites excluding steroid dienone is 2. The number of aromatic hydroxyl groups is 1. The first-order valence-electron chi connectivity index (χ1n) is 13.2. The molecule has 0 bridgehead atoms. The van der Waals surface area contributed by atoms with Gasteiger partial charge in [0.25, 0.3) is 0 Å². The topological polar surface area (TPSA) is 95.0 Å². The number of likely N-dealkylation sites (tertiary alicyclic amines) is 1. The number of nitrogens with zero attached hydrogens (tertiary/aromatic N) is 2. The van der Waals surface area contributed by atoms with Crippen LogP contribution in [0.25, 0.3) is 0 Å². The predicted molar refractivity (Wildman–Crippen MR) is 136 cm³/mol. The molecule has 8 heteroatoms. The molecule has 1 N–H and O–H groups in total. The standard InChI is InChI=1S/C30H29FN2O5/c1-3-14-32-26(35)18-13-12-17-20(23(18)28(32)37)15-21-27(36)33(16-8-5-4-6-9-16)29(38)30(21,2)24(17)19-10-7-11-22(31)25(19)34/h4-12,18,20-21,23-24,34H,3,13-15H2,1-2H3/t18-,20+,21-,23-,24+,30+/m0/s1. The number of phenolic OH excluding ortho intramolecular Hbond substituents is 1. The lowest BCUT2D eigenvalue weighted by atomic mass is 9.51. The van der Waals surface area contributed by atoms with Crippen molar-refractivity contribution in [1.29, 1.82) is 0 Å². The minimum Gasteiger partial charge on any atom is -0.505 e. The fourth-order valence-electron chi connectivity index (χ4n) is 7.46. The lowest BCUT2D eigenvalue weighted by Gasteiger charge is -2.49. The normalized spacial score (nSPS) is 32.3. The van der Waals surface area contributed by atoms with E-state index in [-0.39, 0.29) is 29.7 Å². The van der Waals surface area contributed by atoms with Gasteiger partial charge < -0.3 is 5.11 Å². The van der Waals surface area contributed by atoms with E-state index in [0.717, 1.165) is 11.6 Å². The second-order valence-electron chi connectivity index (χ2n) is 11.0. The number of rotatable bonds is 4. The van der Waals surface area contributed by atoms with Crippen LogP contribution in [0.1, 0.15) is 44.6 Å². The van der Waals surface area contributed by atoms with Crippen molar-refractivity contribution in [3.8, 4) is 5.75 Å². The van der Waals surface area contributed by atoms with Crippen molar-refractivity contribution in [3.05, 3.63) is 71.6 Å². The van der Waals surface area contributed by atoms with Gasteiger partial charge in [0.05, 0.1) is 28.9 Å². The van der Waals surface area contributed by atoms with E-state index in [9.17, 15) is 28.7 Å². The number of carbonyl (C=O) groups is 4. The van der Waals surface area contributed by atoms with Crippen LogP contribution in [0.4, 0.5) is 10.1 Å². The molecule has 2 saturated heterocycles. The van der Waals surface area contributed by atoms with E-state index < -0.39 is 52.5 Å². The quantitative estimate of drug-likeness (QED) is 0.486. The largest absolute Gasteiger partial charge is 0.505 e. The number of amides is 4. The van der Waals surface area contributed by atoms with Gasteiger partial charge in [-0.3, -0.25) is 24.1 Å². The van der Waals surface area contributed by atoms with Gasteiger partial charge in [-0.15, -0.1) is 0 Å². The van der Waals surface area contributed by atoms with Crippen LogP contribution in [0.3, 0.4) is 0 Å². The molecule has 4 amide bonds. The molecule has 196 valence electrons. The SMILES string of the molecule is CCCN1C(=O)[C@H]2[C@H](CC=C3[C@H]2C[C@H]2C(=O)N(c4ccccc4)C(=O)[C@@]2(C)[C@H]3c2cccc(F)c2O)C1=O. The highest BCUT2D eigenvalue weighted by molar-refractivity contribution is 6.24. The summed E-state index contributed by atoms with van der Waals surface area (Å²) < 4.78 is 14.7.